The monoisotopic (exact) mass is 414 g/mol. The van der Waals surface area contributed by atoms with Gasteiger partial charge in [0.2, 0.25) is 5.91 Å². The lowest BCUT2D eigenvalue weighted by Gasteiger charge is -2.03. The number of aromatic amines is 1. The summed E-state index contributed by atoms with van der Waals surface area (Å²) in [5.74, 6) is 0.578. The van der Waals surface area contributed by atoms with Crippen LogP contribution in [0.15, 0.2) is 61.7 Å². The Labute approximate surface area is 179 Å². The Bertz CT molecular complexity index is 1180. The quantitative estimate of drug-likeness (QED) is 0.567. The fraction of sp³-hybridized carbons (Fsp3) is 0.125. The summed E-state index contributed by atoms with van der Waals surface area (Å²) in [4.78, 5) is 24.5. The molecule has 6 heteroatoms. The van der Waals surface area contributed by atoms with Crippen molar-refractivity contribution in [2.24, 2.45) is 0 Å². The number of fused-ring (bicyclic) bond motifs is 1. The molecule has 1 amide bonds. The van der Waals surface area contributed by atoms with E-state index in [1.54, 1.807) is 23.5 Å². The number of aromatic nitrogens is 3. The van der Waals surface area contributed by atoms with Gasteiger partial charge in [-0.2, -0.15) is 0 Å². The molecule has 5 nitrogen and oxygen atoms in total. The molecule has 0 aliphatic heterocycles. The predicted octanol–water partition coefficient (Wildman–Crippen LogP) is 5.06. The number of imidazole rings is 1. The minimum atomic E-state index is -0.0901. The lowest BCUT2D eigenvalue weighted by atomic mass is 10.0. The van der Waals surface area contributed by atoms with Crippen molar-refractivity contribution in [3.63, 3.8) is 0 Å². The second-order valence-corrected chi connectivity index (χ2v) is 7.96. The van der Waals surface area contributed by atoms with Crippen molar-refractivity contribution in [3.05, 3.63) is 89.5 Å². The van der Waals surface area contributed by atoms with Crippen LogP contribution in [0.5, 0.6) is 0 Å². The number of H-pyrrole nitrogens is 1. The van der Waals surface area contributed by atoms with Crippen LogP contribution in [0.3, 0.4) is 0 Å². The second kappa shape index (κ2) is 8.88. The van der Waals surface area contributed by atoms with Gasteiger partial charge in [-0.3, -0.25) is 4.79 Å². The lowest BCUT2D eigenvalue weighted by Crippen LogP contribution is -2.25. The minimum absolute atomic E-state index is 0.0901. The Morgan fingerprint density at radius 1 is 1.20 bits per heavy atom. The van der Waals surface area contributed by atoms with Gasteiger partial charge in [0.05, 0.1) is 34.6 Å². The molecule has 30 heavy (non-hydrogen) atoms. The molecule has 0 spiro atoms. The number of thiazole rings is 1. The fourth-order valence-electron chi connectivity index (χ4n) is 3.27. The van der Waals surface area contributed by atoms with E-state index in [1.807, 2.05) is 12.1 Å². The van der Waals surface area contributed by atoms with E-state index in [0.29, 0.717) is 12.4 Å². The molecule has 0 unspecified atom stereocenters. The average Bonchev–Trinajstić information content (AvgIpc) is 3.24. The molecule has 2 N–H and O–H groups in total. The maximum Gasteiger partial charge on any atom is 0.227 e. The van der Waals surface area contributed by atoms with Gasteiger partial charge >= 0.3 is 0 Å². The van der Waals surface area contributed by atoms with Crippen LogP contribution in [0.1, 0.15) is 34.2 Å². The van der Waals surface area contributed by atoms with Crippen molar-refractivity contribution < 1.29 is 4.79 Å². The molecule has 1 aliphatic rings. The van der Waals surface area contributed by atoms with Gasteiger partial charge in [-0.05, 0) is 41.8 Å². The molecule has 4 rings (SSSR count). The van der Waals surface area contributed by atoms with Crippen molar-refractivity contribution in [1.82, 2.24) is 20.3 Å². The number of nitrogens with one attached hydrogen (secondary N) is 2. The largest absolute Gasteiger partial charge is 0.349 e. The van der Waals surface area contributed by atoms with E-state index in [2.05, 4.69) is 69.9 Å². The van der Waals surface area contributed by atoms with E-state index in [9.17, 15) is 4.79 Å². The summed E-state index contributed by atoms with van der Waals surface area (Å²) in [6.45, 7) is 7.79. The van der Waals surface area contributed by atoms with E-state index in [4.69, 9.17) is 0 Å². The predicted molar refractivity (Wildman–Crippen MR) is 125 cm³/mol. The molecule has 0 radical (unpaired) electrons. The summed E-state index contributed by atoms with van der Waals surface area (Å²) in [6, 6.07) is 6.28. The third kappa shape index (κ3) is 4.39. The number of carbonyl (C=O) groups is 1. The molecule has 0 saturated heterocycles. The van der Waals surface area contributed by atoms with Gasteiger partial charge in [-0.1, -0.05) is 49.6 Å². The zero-order valence-corrected chi connectivity index (χ0v) is 17.3. The summed E-state index contributed by atoms with van der Waals surface area (Å²) in [7, 11) is 0. The van der Waals surface area contributed by atoms with Gasteiger partial charge in [0.1, 0.15) is 10.8 Å². The summed E-state index contributed by atoms with van der Waals surface area (Å²) >= 11 is 1.56. The Morgan fingerprint density at radius 3 is 2.90 bits per heavy atom. The van der Waals surface area contributed by atoms with Crippen LogP contribution in [0.25, 0.3) is 27.9 Å². The maximum atomic E-state index is 12.4. The fourth-order valence-corrected chi connectivity index (χ4v) is 4.27. The van der Waals surface area contributed by atoms with E-state index in [-0.39, 0.29) is 12.3 Å². The number of amides is 1. The van der Waals surface area contributed by atoms with Crippen LogP contribution in [0.2, 0.25) is 0 Å². The van der Waals surface area contributed by atoms with Crippen molar-refractivity contribution in [2.75, 3.05) is 0 Å². The van der Waals surface area contributed by atoms with Crippen LogP contribution in [-0.4, -0.2) is 20.9 Å². The van der Waals surface area contributed by atoms with E-state index in [0.717, 1.165) is 33.0 Å². The van der Waals surface area contributed by atoms with Crippen LogP contribution in [0.4, 0.5) is 0 Å². The van der Waals surface area contributed by atoms with E-state index < -0.39 is 0 Å². The smallest absolute Gasteiger partial charge is 0.227 e. The first-order valence-electron chi connectivity index (χ1n) is 9.69. The average molecular weight is 415 g/mol. The molecule has 0 atom stereocenters. The van der Waals surface area contributed by atoms with Gasteiger partial charge in [-0.25, -0.2) is 9.97 Å². The zero-order valence-electron chi connectivity index (χ0n) is 16.5. The Kier molecular flexibility index (Phi) is 5.86. The highest BCUT2D eigenvalue weighted by Gasteiger charge is 2.12. The second-order valence-electron chi connectivity index (χ2n) is 6.84. The highest BCUT2D eigenvalue weighted by molar-refractivity contribution is 7.18. The van der Waals surface area contributed by atoms with Gasteiger partial charge in [0, 0.05) is 0 Å². The van der Waals surface area contributed by atoms with Crippen molar-refractivity contribution >= 4 is 45.2 Å². The number of carbonyl (C=O) groups excluding carboxylic acids is 1. The third-order valence-electron chi connectivity index (χ3n) is 4.77. The van der Waals surface area contributed by atoms with Crippen LogP contribution >= 0.6 is 11.3 Å². The van der Waals surface area contributed by atoms with Gasteiger partial charge in [-0.15, -0.1) is 11.3 Å². The van der Waals surface area contributed by atoms with Crippen molar-refractivity contribution in [2.45, 2.75) is 19.4 Å². The Morgan fingerprint density at radius 2 is 2.10 bits per heavy atom. The third-order valence-corrected chi connectivity index (χ3v) is 5.79. The lowest BCUT2D eigenvalue weighted by molar-refractivity contribution is -0.120. The van der Waals surface area contributed by atoms with Crippen molar-refractivity contribution in [1.29, 1.82) is 0 Å². The molecular weight excluding hydrogens is 392 g/mol. The summed E-state index contributed by atoms with van der Waals surface area (Å²) < 4.78 is 1.09. The molecule has 0 fully saturated rings. The molecule has 2 heterocycles. The molecular formula is C24H22N4OS. The molecule has 150 valence electrons. The summed E-state index contributed by atoms with van der Waals surface area (Å²) in [6.07, 6.45) is 14.9. The number of nitrogens with zero attached hydrogens (tertiary/aromatic N) is 2. The van der Waals surface area contributed by atoms with Crippen LogP contribution < -0.4 is 5.32 Å². The maximum absolute atomic E-state index is 12.4. The first-order chi connectivity index (χ1) is 14.7. The van der Waals surface area contributed by atoms with E-state index >= 15 is 0 Å². The van der Waals surface area contributed by atoms with Crippen LogP contribution in [-0.2, 0) is 17.8 Å². The molecule has 1 aromatic carbocycles. The van der Waals surface area contributed by atoms with Crippen LogP contribution in [0, 0.1) is 0 Å². The number of rotatable bonds is 7. The minimum Gasteiger partial charge on any atom is -0.349 e. The van der Waals surface area contributed by atoms with Gasteiger partial charge in [0.25, 0.3) is 0 Å². The SMILES string of the molecule is C=Cc1nc(CNC(=O)Cc2nc3ccc(C4=CC=CC=CC4)cc3s2)[nH]c1C=C. The first kappa shape index (κ1) is 19.8. The highest BCUT2D eigenvalue weighted by atomic mass is 32.1. The van der Waals surface area contributed by atoms with Gasteiger partial charge in [0.15, 0.2) is 0 Å². The number of hydrogen-bond donors (Lipinski definition) is 2. The summed E-state index contributed by atoms with van der Waals surface area (Å²) in [5, 5.41) is 3.69. The van der Waals surface area contributed by atoms with E-state index in [1.165, 1.54) is 11.1 Å². The van der Waals surface area contributed by atoms with Crippen molar-refractivity contribution in [3.8, 4) is 0 Å². The normalized spacial score (nSPS) is 13.1. The molecule has 0 bridgehead atoms. The topological polar surface area (TPSA) is 70.7 Å². The molecule has 3 aromatic rings. The number of hydrogen-bond acceptors (Lipinski definition) is 4. The summed E-state index contributed by atoms with van der Waals surface area (Å²) in [5.41, 5.74) is 4.90. The molecule has 2 aromatic heterocycles. The molecule has 0 saturated carbocycles. The first-order valence-corrected chi connectivity index (χ1v) is 10.5. The molecule has 1 aliphatic carbocycles. The standard InChI is InChI=1S/C24H22N4OS/c1-3-18-19(4-2)27-22(26-18)15-25-23(29)14-24-28-20-12-11-17(13-21(20)30-24)16-9-7-5-6-8-10-16/h3-9,11-13H,1-2,10,14-15H2,(H,25,29)(H,26,27). The zero-order chi connectivity index (χ0) is 20.9. The highest BCUT2D eigenvalue weighted by Crippen LogP contribution is 2.28. The Hall–Kier alpha value is -3.51. The Balaban J connectivity index is 1.42. The number of benzene rings is 1. The number of allylic oxidation sites excluding steroid dienone is 6. The van der Waals surface area contributed by atoms with Gasteiger partial charge < -0.3 is 10.3 Å².